The zero-order chi connectivity index (χ0) is 11.6. The van der Waals surface area contributed by atoms with Crippen molar-refractivity contribution in [2.75, 3.05) is 0 Å². The molecule has 0 amide bonds. The molecule has 1 aromatic heterocycles. The monoisotopic (exact) mass is 236 g/mol. The maximum atomic E-state index is 12.3. The zero-order valence-electron chi connectivity index (χ0n) is 6.99. The van der Waals surface area contributed by atoms with Gasteiger partial charge in [0.1, 0.15) is 11.2 Å². The molecule has 0 aliphatic rings. The van der Waals surface area contributed by atoms with Gasteiger partial charge in [-0.1, -0.05) is 11.6 Å². The van der Waals surface area contributed by atoms with Gasteiger partial charge in [-0.15, -0.1) is 0 Å². The quantitative estimate of drug-likeness (QED) is 0.459. The number of carbonyl (C=O) groups is 1. The van der Waals surface area contributed by atoms with Crippen LogP contribution in [0.25, 0.3) is 0 Å². The number of pyridine rings is 1. The molecule has 0 radical (unpaired) electrons. The number of nitrogens with zero attached hydrogens (tertiary/aromatic N) is 2. The van der Waals surface area contributed by atoms with Crippen molar-refractivity contribution in [3.8, 4) is 0 Å². The molecule has 0 fully saturated rings. The molecule has 0 unspecified atom stereocenters. The van der Waals surface area contributed by atoms with E-state index < -0.39 is 33.3 Å². The summed E-state index contributed by atoms with van der Waals surface area (Å²) in [7, 11) is 0. The van der Waals surface area contributed by atoms with Gasteiger partial charge in [0.05, 0.1) is 11.1 Å². The molecule has 1 aromatic rings. The lowest BCUT2D eigenvalue weighted by atomic mass is 10.1. The Morgan fingerprint density at radius 2 is 2.20 bits per heavy atom. The molecule has 0 bridgehead atoms. The van der Waals surface area contributed by atoms with Crippen LogP contribution in [0.4, 0.5) is 14.6 Å². The van der Waals surface area contributed by atoms with Crippen LogP contribution in [0, 0.1) is 10.1 Å². The molecule has 5 nitrogen and oxygen atoms in total. The van der Waals surface area contributed by atoms with E-state index >= 15 is 0 Å². The average molecular weight is 237 g/mol. The van der Waals surface area contributed by atoms with Gasteiger partial charge in [-0.3, -0.25) is 4.79 Å². The highest BCUT2D eigenvalue weighted by Crippen LogP contribution is 2.31. The highest BCUT2D eigenvalue weighted by Gasteiger charge is 2.25. The molecule has 0 saturated heterocycles. The minimum absolute atomic E-state index is 0.0402. The van der Waals surface area contributed by atoms with Crippen molar-refractivity contribution in [1.82, 2.24) is 4.98 Å². The van der Waals surface area contributed by atoms with Gasteiger partial charge in [0.25, 0.3) is 6.43 Å². The Kier molecular flexibility index (Phi) is 3.25. The van der Waals surface area contributed by atoms with Crippen LogP contribution >= 0.6 is 11.6 Å². The number of alkyl halides is 2. The molecule has 0 aliphatic heterocycles. The van der Waals surface area contributed by atoms with E-state index in [0.29, 0.717) is 6.20 Å². The van der Waals surface area contributed by atoms with Crippen molar-refractivity contribution in [2.45, 2.75) is 6.43 Å². The fourth-order valence-electron chi connectivity index (χ4n) is 0.925. The Balaban J connectivity index is 3.45. The molecule has 1 rings (SSSR count). The summed E-state index contributed by atoms with van der Waals surface area (Å²) in [6.07, 6.45) is -2.35. The summed E-state index contributed by atoms with van der Waals surface area (Å²) in [5, 5.41) is 9.65. The lowest BCUT2D eigenvalue weighted by Gasteiger charge is -2.03. The van der Waals surface area contributed by atoms with Crippen LogP contribution in [0.5, 0.6) is 0 Å². The number of aldehydes is 1. The van der Waals surface area contributed by atoms with E-state index in [1.165, 1.54) is 0 Å². The van der Waals surface area contributed by atoms with Gasteiger partial charge in [-0.2, -0.15) is 0 Å². The Bertz CT molecular complexity index is 425. The van der Waals surface area contributed by atoms with Gasteiger partial charge in [0.2, 0.25) is 0 Å². The Morgan fingerprint density at radius 1 is 1.60 bits per heavy atom. The van der Waals surface area contributed by atoms with E-state index in [2.05, 4.69) is 4.98 Å². The molecule has 1 heterocycles. The van der Waals surface area contributed by atoms with E-state index in [9.17, 15) is 23.7 Å². The van der Waals surface area contributed by atoms with E-state index in [1.807, 2.05) is 0 Å². The van der Waals surface area contributed by atoms with E-state index in [0.717, 1.165) is 0 Å². The molecular formula is C7H3ClF2N2O3. The molecule has 0 atom stereocenters. The first-order chi connectivity index (χ1) is 6.99. The van der Waals surface area contributed by atoms with E-state index in [1.54, 1.807) is 0 Å². The van der Waals surface area contributed by atoms with Crippen molar-refractivity contribution in [2.24, 2.45) is 0 Å². The predicted molar refractivity (Wildman–Crippen MR) is 46.2 cm³/mol. The molecule has 0 N–H and O–H groups in total. The van der Waals surface area contributed by atoms with Crippen LogP contribution in [-0.4, -0.2) is 16.2 Å². The van der Waals surface area contributed by atoms with Crippen LogP contribution in [0.15, 0.2) is 6.20 Å². The molecule has 0 aromatic carbocycles. The first kappa shape index (κ1) is 11.4. The molecule has 0 spiro atoms. The number of halogens is 3. The second kappa shape index (κ2) is 4.26. The van der Waals surface area contributed by atoms with Crippen molar-refractivity contribution >= 4 is 23.7 Å². The number of aromatic nitrogens is 1. The summed E-state index contributed by atoms with van der Waals surface area (Å²) in [5.41, 5.74) is -1.33. The van der Waals surface area contributed by atoms with Crippen molar-refractivity contribution in [1.29, 1.82) is 0 Å². The summed E-state index contributed by atoms with van der Waals surface area (Å²) in [6, 6.07) is 0. The lowest BCUT2D eigenvalue weighted by molar-refractivity contribution is -0.389. The molecule has 0 saturated carbocycles. The molecule has 80 valence electrons. The average Bonchev–Trinajstić information content (AvgIpc) is 2.16. The molecular weight excluding hydrogens is 234 g/mol. The van der Waals surface area contributed by atoms with Crippen LogP contribution in [-0.2, 0) is 0 Å². The first-order valence-corrected chi connectivity index (χ1v) is 3.93. The number of carbonyl (C=O) groups excluding carboxylic acids is 1. The van der Waals surface area contributed by atoms with Gasteiger partial charge in [0.15, 0.2) is 6.29 Å². The van der Waals surface area contributed by atoms with Gasteiger partial charge in [-0.25, -0.2) is 8.78 Å². The number of hydrogen-bond donors (Lipinski definition) is 0. The summed E-state index contributed by atoms with van der Waals surface area (Å²) >= 11 is 5.38. The Morgan fingerprint density at radius 3 is 2.60 bits per heavy atom. The van der Waals surface area contributed by atoms with Crippen LogP contribution < -0.4 is 0 Å². The second-order valence-corrected chi connectivity index (χ2v) is 2.82. The van der Waals surface area contributed by atoms with Crippen LogP contribution in [0.2, 0.25) is 5.02 Å². The topological polar surface area (TPSA) is 73.1 Å². The maximum Gasteiger partial charge on any atom is 0.383 e. The van der Waals surface area contributed by atoms with Crippen molar-refractivity contribution in [3.05, 3.63) is 32.5 Å². The number of hydrogen-bond acceptors (Lipinski definition) is 4. The largest absolute Gasteiger partial charge is 0.383 e. The minimum atomic E-state index is -2.96. The molecule has 0 aliphatic carbocycles. The first-order valence-electron chi connectivity index (χ1n) is 3.55. The third-order valence-corrected chi connectivity index (χ3v) is 1.97. The van der Waals surface area contributed by atoms with E-state index in [-0.39, 0.29) is 6.29 Å². The third kappa shape index (κ3) is 2.07. The van der Waals surface area contributed by atoms with Gasteiger partial charge in [-0.05, 0) is 9.91 Å². The zero-order valence-corrected chi connectivity index (χ0v) is 7.74. The van der Waals surface area contributed by atoms with Crippen molar-refractivity contribution in [3.63, 3.8) is 0 Å². The number of nitro groups is 1. The standard InChI is InChI=1S/C7H3ClF2N2O3/c8-5-4(2-13)3(6(9)10)1-11-7(5)12(14)15/h1-2,6H. The van der Waals surface area contributed by atoms with Crippen molar-refractivity contribution < 1.29 is 18.5 Å². The molecule has 8 heteroatoms. The highest BCUT2D eigenvalue weighted by atomic mass is 35.5. The van der Waals surface area contributed by atoms with Gasteiger partial charge in [0, 0.05) is 0 Å². The number of rotatable bonds is 3. The van der Waals surface area contributed by atoms with Gasteiger partial charge < -0.3 is 10.1 Å². The fourth-order valence-corrected chi connectivity index (χ4v) is 1.20. The smallest absolute Gasteiger partial charge is 0.358 e. The maximum absolute atomic E-state index is 12.3. The summed E-state index contributed by atoms with van der Waals surface area (Å²) in [5.74, 6) is -0.817. The lowest BCUT2D eigenvalue weighted by Crippen LogP contribution is -2.01. The fraction of sp³-hybridized carbons (Fsp3) is 0.143. The van der Waals surface area contributed by atoms with Crippen LogP contribution in [0.3, 0.4) is 0 Å². The summed E-state index contributed by atoms with van der Waals surface area (Å²) in [6.45, 7) is 0. The highest BCUT2D eigenvalue weighted by molar-refractivity contribution is 6.34. The SMILES string of the molecule is O=Cc1c(C(F)F)cnc([N+](=O)[O-])c1Cl. The Hall–Kier alpha value is -1.63. The Labute approximate surface area is 86.8 Å². The normalized spacial score (nSPS) is 10.4. The summed E-state index contributed by atoms with van der Waals surface area (Å²) < 4.78 is 24.6. The van der Waals surface area contributed by atoms with Gasteiger partial charge >= 0.3 is 5.82 Å². The second-order valence-electron chi connectivity index (χ2n) is 2.44. The van der Waals surface area contributed by atoms with E-state index in [4.69, 9.17) is 11.6 Å². The third-order valence-electron chi connectivity index (χ3n) is 1.60. The summed E-state index contributed by atoms with van der Waals surface area (Å²) in [4.78, 5) is 23.0. The van der Waals surface area contributed by atoms with Crippen LogP contribution in [0.1, 0.15) is 22.3 Å². The predicted octanol–water partition coefficient (Wildman–Crippen LogP) is 2.39. The minimum Gasteiger partial charge on any atom is -0.358 e. The molecule has 15 heavy (non-hydrogen) atoms.